The minimum atomic E-state index is 0.301. The molecule has 19 heavy (non-hydrogen) atoms. The van der Waals surface area contributed by atoms with E-state index in [0.717, 1.165) is 26.2 Å². The SMILES string of the molecule is CCNCC(C)(C)CN(Cc1ccccc1)C(C)C. The largest absolute Gasteiger partial charge is 0.316 e. The summed E-state index contributed by atoms with van der Waals surface area (Å²) in [6.07, 6.45) is 0. The molecule has 0 saturated heterocycles. The highest BCUT2D eigenvalue weighted by atomic mass is 15.2. The summed E-state index contributed by atoms with van der Waals surface area (Å²) in [6.45, 7) is 15.7. The van der Waals surface area contributed by atoms with Gasteiger partial charge in [-0.05, 0) is 31.4 Å². The van der Waals surface area contributed by atoms with Crippen LogP contribution in [0.3, 0.4) is 0 Å². The molecular formula is C17H30N2. The van der Waals surface area contributed by atoms with Gasteiger partial charge in [0.2, 0.25) is 0 Å². The van der Waals surface area contributed by atoms with Crippen molar-refractivity contribution in [2.75, 3.05) is 19.6 Å². The maximum atomic E-state index is 3.47. The summed E-state index contributed by atoms with van der Waals surface area (Å²) < 4.78 is 0. The molecule has 2 heteroatoms. The summed E-state index contributed by atoms with van der Waals surface area (Å²) in [4.78, 5) is 2.56. The molecule has 0 radical (unpaired) electrons. The van der Waals surface area contributed by atoms with Crippen LogP contribution in [0.5, 0.6) is 0 Å². The van der Waals surface area contributed by atoms with Gasteiger partial charge in [0.05, 0.1) is 0 Å². The lowest BCUT2D eigenvalue weighted by Crippen LogP contribution is -2.43. The third-order valence-electron chi connectivity index (χ3n) is 3.44. The Bertz CT molecular complexity index is 344. The van der Waals surface area contributed by atoms with Gasteiger partial charge in [0, 0.05) is 25.7 Å². The maximum Gasteiger partial charge on any atom is 0.0236 e. The highest BCUT2D eigenvalue weighted by molar-refractivity contribution is 5.14. The van der Waals surface area contributed by atoms with Crippen LogP contribution < -0.4 is 5.32 Å². The van der Waals surface area contributed by atoms with E-state index in [1.807, 2.05) is 0 Å². The van der Waals surface area contributed by atoms with Gasteiger partial charge in [0.1, 0.15) is 0 Å². The summed E-state index contributed by atoms with van der Waals surface area (Å²) in [5.74, 6) is 0. The summed E-state index contributed by atoms with van der Waals surface area (Å²) in [6, 6.07) is 11.3. The van der Waals surface area contributed by atoms with Crippen molar-refractivity contribution in [2.45, 2.75) is 47.2 Å². The van der Waals surface area contributed by atoms with Gasteiger partial charge in [-0.1, -0.05) is 51.1 Å². The Labute approximate surface area is 119 Å². The molecule has 0 spiro atoms. The zero-order valence-electron chi connectivity index (χ0n) is 13.2. The molecule has 108 valence electrons. The number of nitrogens with zero attached hydrogens (tertiary/aromatic N) is 1. The first-order valence-corrected chi connectivity index (χ1v) is 7.43. The quantitative estimate of drug-likeness (QED) is 0.771. The minimum Gasteiger partial charge on any atom is -0.316 e. The number of nitrogens with one attached hydrogen (secondary N) is 1. The Morgan fingerprint density at radius 1 is 1.16 bits per heavy atom. The first-order valence-electron chi connectivity index (χ1n) is 7.43. The molecule has 0 aliphatic carbocycles. The molecule has 0 heterocycles. The fourth-order valence-electron chi connectivity index (χ4n) is 2.31. The molecule has 0 fully saturated rings. The molecule has 0 amide bonds. The van der Waals surface area contributed by atoms with Gasteiger partial charge in [-0.3, -0.25) is 4.90 Å². The van der Waals surface area contributed by atoms with Crippen LogP contribution in [0.2, 0.25) is 0 Å². The van der Waals surface area contributed by atoms with Crippen LogP contribution in [0, 0.1) is 5.41 Å². The van der Waals surface area contributed by atoms with Crippen LogP contribution in [0.15, 0.2) is 30.3 Å². The van der Waals surface area contributed by atoms with Gasteiger partial charge >= 0.3 is 0 Å². The predicted molar refractivity (Wildman–Crippen MR) is 84.3 cm³/mol. The van der Waals surface area contributed by atoms with Crippen molar-refractivity contribution in [1.82, 2.24) is 10.2 Å². The van der Waals surface area contributed by atoms with Crippen molar-refractivity contribution in [2.24, 2.45) is 5.41 Å². The molecule has 0 aromatic heterocycles. The highest BCUT2D eigenvalue weighted by Crippen LogP contribution is 2.19. The lowest BCUT2D eigenvalue weighted by atomic mass is 9.92. The Kier molecular flexibility index (Phi) is 6.53. The third-order valence-corrected chi connectivity index (χ3v) is 3.44. The topological polar surface area (TPSA) is 15.3 Å². The average molecular weight is 262 g/mol. The lowest BCUT2D eigenvalue weighted by Gasteiger charge is -2.35. The zero-order valence-corrected chi connectivity index (χ0v) is 13.2. The van der Waals surface area contributed by atoms with Crippen molar-refractivity contribution in [3.63, 3.8) is 0 Å². The van der Waals surface area contributed by atoms with E-state index < -0.39 is 0 Å². The van der Waals surface area contributed by atoms with Crippen LogP contribution in [0.25, 0.3) is 0 Å². The van der Waals surface area contributed by atoms with E-state index in [2.05, 4.69) is 75.2 Å². The van der Waals surface area contributed by atoms with Crippen LogP contribution in [0.4, 0.5) is 0 Å². The molecule has 0 unspecified atom stereocenters. The van der Waals surface area contributed by atoms with Crippen molar-refractivity contribution >= 4 is 0 Å². The monoisotopic (exact) mass is 262 g/mol. The second kappa shape index (κ2) is 7.66. The van der Waals surface area contributed by atoms with E-state index in [-0.39, 0.29) is 0 Å². The predicted octanol–water partition coefficient (Wildman–Crippen LogP) is 3.53. The Balaban J connectivity index is 2.63. The molecule has 0 atom stereocenters. The van der Waals surface area contributed by atoms with Crippen LogP contribution >= 0.6 is 0 Å². The minimum absolute atomic E-state index is 0.301. The van der Waals surface area contributed by atoms with Crippen LogP contribution in [-0.2, 0) is 6.54 Å². The number of hydrogen-bond donors (Lipinski definition) is 1. The molecule has 0 aliphatic rings. The van der Waals surface area contributed by atoms with E-state index in [1.54, 1.807) is 0 Å². The Morgan fingerprint density at radius 3 is 2.32 bits per heavy atom. The van der Waals surface area contributed by atoms with Gasteiger partial charge in [-0.25, -0.2) is 0 Å². The second-order valence-electron chi connectivity index (χ2n) is 6.43. The van der Waals surface area contributed by atoms with Crippen molar-refractivity contribution in [1.29, 1.82) is 0 Å². The highest BCUT2D eigenvalue weighted by Gasteiger charge is 2.23. The molecule has 0 saturated carbocycles. The van der Waals surface area contributed by atoms with Gasteiger partial charge in [-0.15, -0.1) is 0 Å². The normalized spacial score (nSPS) is 12.4. The van der Waals surface area contributed by atoms with Crippen molar-refractivity contribution < 1.29 is 0 Å². The Hall–Kier alpha value is -0.860. The summed E-state index contributed by atoms with van der Waals surface area (Å²) >= 11 is 0. The zero-order chi connectivity index (χ0) is 14.3. The van der Waals surface area contributed by atoms with E-state index in [4.69, 9.17) is 0 Å². The van der Waals surface area contributed by atoms with E-state index in [0.29, 0.717) is 11.5 Å². The number of hydrogen-bond acceptors (Lipinski definition) is 2. The van der Waals surface area contributed by atoms with Crippen LogP contribution in [-0.4, -0.2) is 30.6 Å². The van der Waals surface area contributed by atoms with Gasteiger partial charge in [-0.2, -0.15) is 0 Å². The number of benzene rings is 1. The molecule has 1 N–H and O–H groups in total. The van der Waals surface area contributed by atoms with Crippen LogP contribution in [0.1, 0.15) is 40.2 Å². The second-order valence-corrected chi connectivity index (χ2v) is 6.43. The fraction of sp³-hybridized carbons (Fsp3) is 0.647. The molecule has 0 aliphatic heterocycles. The van der Waals surface area contributed by atoms with E-state index >= 15 is 0 Å². The molecule has 2 nitrogen and oxygen atoms in total. The molecule has 1 rings (SSSR count). The third kappa shape index (κ3) is 6.22. The van der Waals surface area contributed by atoms with E-state index in [9.17, 15) is 0 Å². The number of rotatable bonds is 8. The summed E-state index contributed by atoms with van der Waals surface area (Å²) in [5.41, 5.74) is 1.70. The standard InChI is InChI=1S/C17H30N2/c1-6-18-13-17(4,5)14-19(15(2)3)12-16-10-8-7-9-11-16/h7-11,15,18H,6,12-14H2,1-5H3. The first-order chi connectivity index (χ1) is 8.94. The van der Waals surface area contributed by atoms with Gasteiger partial charge in [0.25, 0.3) is 0 Å². The van der Waals surface area contributed by atoms with Gasteiger partial charge < -0.3 is 5.32 Å². The van der Waals surface area contributed by atoms with E-state index in [1.165, 1.54) is 5.56 Å². The summed E-state index contributed by atoms with van der Waals surface area (Å²) in [7, 11) is 0. The molecule has 0 bridgehead atoms. The van der Waals surface area contributed by atoms with Crippen molar-refractivity contribution in [3.8, 4) is 0 Å². The van der Waals surface area contributed by atoms with Crippen molar-refractivity contribution in [3.05, 3.63) is 35.9 Å². The Morgan fingerprint density at radius 2 is 1.79 bits per heavy atom. The first kappa shape index (κ1) is 16.2. The maximum absolute atomic E-state index is 3.47. The molecule has 1 aromatic carbocycles. The fourth-order valence-corrected chi connectivity index (χ4v) is 2.31. The van der Waals surface area contributed by atoms with Gasteiger partial charge in [0.15, 0.2) is 0 Å². The average Bonchev–Trinajstić information content (AvgIpc) is 2.36. The molecular weight excluding hydrogens is 232 g/mol. The summed E-state index contributed by atoms with van der Waals surface area (Å²) in [5, 5.41) is 3.47. The lowest BCUT2D eigenvalue weighted by molar-refractivity contribution is 0.135. The smallest absolute Gasteiger partial charge is 0.0236 e. The molecule has 1 aromatic rings.